The highest BCUT2D eigenvalue weighted by Crippen LogP contribution is 2.03. The molecule has 7 heavy (non-hydrogen) atoms. The quantitative estimate of drug-likeness (QED) is 0.516. The van der Waals surface area contributed by atoms with Gasteiger partial charge in [-0.15, -0.1) is 0 Å². The Morgan fingerprint density at radius 2 is 2.00 bits per heavy atom. The van der Waals surface area contributed by atoms with Crippen molar-refractivity contribution < 1.29 is 4.39 Å². The van der Waals surface area contributed by atoms with E-state index in [9.17, 15) is 4.39 Å². The van der Waals surface area contributed by atoms with Gasteiger partial charge >= 0.3 is 0 Å². The van der Waals surface area contributed by atoms with Crippen molar-refractivity contribution in [1.82, 2.24) is 0 Å². The first-order valence-corrected chi connectivity index (χ1v) is 2.95. The summed E-state index contributed by atoms with van der Waals surface area (Å²) in [5.41, 5.74) is 0. The smallest absolute Gasteiger partial charge is 0.0998 e. The first kappa shape index (κ1) is 6.93. The summed E-state index contributed by atoms with van der Waals surface area (Å²) in [5, 5.41) is 0. The van der Waals surface area contributed by atoms with Crippen LogP contribution in [-0.2, 0) is 0 Å². The number of alkyl halides is 1. The molecule has 0 aliphatic heterocycles. The van der Waals surface area contributed by atoms with E-state index in [1.165, 1.54) is 0 Å². The fourth-order valence-electron chi connectivity index (χ4n) is 0.517. The summed E-state index contributed by atoms with van der Waals surface area (Å²) in [7, 11) is 0. The first-order chi connectivity index (χ1) is 3.31. The van der Waals surface area contributed by atoms with Gasteiger partial charge < -0.3 is 0 Å². The molecule has 0 saturated heterocycles. The molecule has 0 aromatic rings. The minimum Gasteiger partial charge on any atom is -0.248 e. The lowest BCUT2D eigenvalue weighted by Crippen LogP contribution is -1.94. The van der Waals surface area contributed by atoms with Crippen molar-refractivity contribution in [1.29, 1.82) is 0 Å². The minimum atomic E-state index is -0.551. The number of rotatable bonds is 3. The third-order valence-electron chi connectivity index (χ3n) is 1.04. The molecule has 0 unspecified atom stereocenters. The zero-order chi connectivity index (χ0) is 5.70. The second kappa shape index (κ2) is 4.10. The first-order valence-electron chi connectivity index (χ1n) is 2.95. The zero-order valence-electron chi connectivity index (χ0n) is 5.08. The van der Waals surface area contributed by atoms with E-state index in [4.69, 9.17) is 0 Å². The molecular formula is C6H13F. The molecule has 44 valence electrons. The van der Waals surface area contributed by atoms with E-state index in [0.29, 0.717) is 6.42 Å². The largest absolute Gasteiger partial charge is 0.248 e. The molecule has 0 heterocycles. The van der Waals surface area contributed by atoms with Crippen molar-refractivity contribution >= 4 is 0 Å². The highest BCUT2D eigenvalue weighted by atomic mass is 19.1. The zero-order valence-corrected chi connectivity index (χ0v) is 5.08. The summed E-state index contributed by atoms with van der Waals surface area (Å²) in [6, 6.07) is 0. The van der Waals surface area contributed by atoms with Gasteiger partial charge in [-0.05, 0) is 12.8 Å². The molecule has 0 rings (SSSR count). The van der Waals surface area contributed by atoms with Gasteiger partial charge in [-0.1, -0.05) is 20.3 Å². The predicted molar refractivity (Wildman–Crippen MR) is 30.1 cm³/mol. The van der Waals surface area contributed by atoms with Crippen molar-refractivity contribution in [3.8, 4) is 0 Å². The van der Waals surface area contributed by atoms with Gasteiger partial charge in [-0.25, -0.2) is 4.39 Å². The van der Waals surface area contributed by atoms with E-state index < -0.39 is 6.17 Å². The maximum Gasteiger partial charge on any atom is 0.0998 e. The van der Waals surface area contributed by atoms with Crippen molar-refractivity contribution in [2.24, 2.45) is 0 Å². The molecule has 0 spiro atoms. The Labute approximate surface area is 44.7 Å². The molecule has 0 aliphatic carbocycles. The normalized spacial score (nSPS) is 14.1. The van der Waals surface area contributed by atoms with Crippen molar-refractivity contribution in [2.45, 2.75) is 39.3 Å². The van der Waals surface area contributed by atoms with Gasteiger partial charge in [0.25, 0.3) is 0 Å². The average Bonchev–Trinajstić information content (AvgIpc) is 1.68. The third kappa shape index (κ3) is 3.77. The predicted octanol–water partition coefficient (Wildman–Crippen LogP) is 2.53. The van der Waals surface area contributed by atoms with Crippen LogP contribution >= 0.6 is 0 Å². The number of halogens is 1. The van der Waals surface area contributed by atoms with Crippen molar-refractivity contribution in [3.63, 3.8) is 0 Å². The van der Waals surface area contributed by atoms with Gasteiger partial charge in [0.15, 0.2) is 0 Å². The van der Waals surface area contributed by atoms with Crippen LogP contribution < -0.4 is 0 Å². The van der Waals surface area contributed by atoms with Crippen LogP contribution in [0, 0.1) is 0 Å². The molecule has 0 amide bonds. The molecule has 1 heteroatoms. The van der Waals surface area contributed by atoms with Gasteiger partial charge in [0, 0.05) is 0 Å². The molecule has 0 N–H and O–H groups in total. The molecule has 0 saturated carbocycles. The Kier molecular flexibility index (Phi) is 4.06. The number of hydrogen-bond acceptors (Lipinski definition) is 0. The molecule has 0 nitrogen and oxygen atoms in total. The van der Waals surface area contributed by atoms with E-state index in [-0.39, 0.29) is 0 Å². The van der Waals surface area contributed by atoms with Crippen molar-refractivity contribution in [3.05, 3.63) is 0 Å². The van der Waals surface area contributed by atoms with E-state index in [2.05, 4.69) is 0 Å². The van der Waals surface area contributed by atoms with Gasteiger partial charge in [-0.3, -0.25) is 0 Å². The van der Waals surface area contributed by atoms with Crippen LogP contribution in [0.5, 0.6) is 0 Å². The summed E-state index contributed by atoms with van der Waals surface area (Å²) in [5.74, 6) is 0. The van der Waals surface area contributed by atoms with Gasteiger partial charge in [0.2, 0.25) is 0 Å². The van der Waals surface area contributed by atoms with E-state index in [1.807, 2.05) is 13.8 Å². The molecule has 0 radical (unpaired) electrons. The standard InChI is InChI=1S/C6H13F/c1-3-5-6(7)4-2/h6H,3-5H2,1-2H3/t6-/m1/s1. The topological polar surface area (TPSA) is 0 Å². The SMILES string of the molecule is CCC[C@H](F)CC. The Hall–Kier alpha value is -0.0700. The Morgan fingerprint density at radius 3 is 2.14 bits per heavy atom. The molecular weight excluding hydrogens is 91.1 g/mol. The van der Waals surface area contributed by atoms with Gasteiger partial charge in [-0.2, -0.15) is 0 Å². The van der Waals surface area contributed by atoms with Crippen LogP contribution in [0.2, 0.25) is 0 Å². The summed E-state index contributed by atoms with van der Waals surface area (Å²) < 4.78 is 12.1. The lowest BCUT2D eigenvalue weighted by atomic mass is 10.2. The highest BCUT2D eigenvalue weighted by Gasteiger charge is 1.97. The van der Waals surface area contributed by atoms with Gasteiger partial charge in [0.1, 0.15) is 0 Å². The maximum absolute atomic E-state index is 12.1. The van der Waals surface area contributed by atoms with Gasteiger partial charge in [0.05, 0.1) is 6.17 Å². The number of hydrogen-bond donors (Lipinski definition) is 0. The highest BCUT2D eigenvalue weighted by molar-refractivity contribution is 4.48. The summed E-state index contributed by atoms with van der Waals surface area (Å²) in [6.07, 6.45) is 1.82. The van der Waals surface area contributed by atoms with Crippen LogP contribution in [0.3, 0.4) is 0 Å². The summed E-state index contributed by atoms with van der Waals surface area (Å²) in [4.78, 5) is 0. The molecule has 0 bridgehead atoms. The van der Waals surface area contributed by atoms with Crippen molar-refractivity contribution in [2.75, 3.05) is 0 Å². The molecule has 1 atom stereocenters. The van der Waals surface area contributed by atoms with Crippen LogP contribution in [0.25, 0.3) is 0 Å². The minimum absolute atomic E-state index is 0.551. The molecule has 0 aromatic carbocycles. The molecule has 0 aromatic heterocycles. The lowest BCUT2D eigenvalue weighted by molar-refractivity contribution is 0.303. The van der Waals surface area contributed by atoms with Crippen LogP contribution in [0.15, 0.2) is 0 Å². The average molecular weight is 104 g/mol. The molecule has 0 fully saturated rings. The fourth-order valence-corrected chi connectivity index (χ4v) is 0.517. The second-order valence-electron chi connectivity index (χ2n) is 1.79. The summed E-state index contributed by atoms with van der Waals surface area (Å²) >= 11 is 0. The Bertz CT molecular complexity index is 35.2. The monoisotopic (exact) mass is 104 g/mol. The Balaban J connectivity index is 2.83. The van der Waals surface area contributed by atoms with E-state index in [0.717, 1.165) is 12.8 Å². The second-order valence-corrected chi connectivity index (χ2v) is 1.79. The van der Waals surface area contributed by atoms with E-state index in [1.54, 1.807) is 0 Å². The maximum atomic E-state index is 12.1. The Morgan fingerprint density at radius 1 is 1.43 bits per heavy atom. The molecule has 0 aliphatic rings. The fraction of sp³-hybridized carbons (Fsp3) is 1.00. The van der Waals surface area contributed by atoms with Crippen LogP contribution in [0.1, 0.15) is 33.1 Å². The van der Waals surface area contributed by atoms with Crippen LogP contribution in [0.4, 0.5) is 4.39 Å². The summed E-state index contributed by atoms with van der Waals surface area (Å²) in [6.45, 7) is 3.88. The third-order valence-corrected chi connectivity index (χ3v) is 1.04. The lowest BCUT2D eigenvalue weighted by Gasteiger charge is -1.98. The van der Waals surface area contributed by atoms with E-state index >= 15 is 0 Å². The van der Waals surface area contributed by atoms with Crippen LogP contribution in [-0.4, -0.2) is 6.17 Å².